The first-order valence-corrected chi connectivity index (χ1v) is 11.9. The van der Waals surface area contributed by atoms with Gasteiger partial charge in [-0.25, -0.2) is 8.42 Å². The third kappa shape index (κ3) is 4.82. The number of halogens is 3. The van der Waals surface area contributed by atoms with Crippen LogP contribution in [0.25, 0.3) is 0 Å². The molecular formula is C22H24F3N3O3S. The van der Waals surface area contributed by atoms with Crippen molar-refractivity contribution in [1.29, 1.82) is 0 Å². The Balaban J connectivity index is 1.35. The van der Waals surface area contributed by atoms with Gasteiger partial charge >= 0.3 is 6.18 Å². The summed E-state index contributed by atoms with van der Waals surface area (Å²) in [5.41, 5.74) is 1.09. The van der Waals surface area contributed by atoms with Crippen LogP contribution in [0, 0.1) is 0 Å². The third-order valence-electron chi connectivity index (χ3n) is 5.91. The number of aryl methyl sites for hydroxylation is 2. The lowest BCUT2D eigenvalue weighted by atomic mass is 10.1. The summed E-state index contributed by atoms with van der Waals surface area (Å²) in [6.45, 7) is 0.952. The number of fused-ring (bicyclic) bond motifs is 1. The van der Waals surface area contributed by atoms with Crippen molar-refractivity contribution in [3.63, 3.8) is 0 Å². The van der Waals surface area contributed by atoms with Crippen LogP contribution in [-0.2, 0) is 33.8 Å². The highest BCUT2D eigenvalue weighted by Gasteiger charge is 2.34. The van der Waals surface area contributed by atoms with Gasteiger partial charge in [0.25, 0.3) is 0 Å². The van der Waals surface area contributed by atoms with Gasteiger partial charge < -0.3 is 5.32 Å². The molecule has 0 bridgehead atoms. The van der Waals surface area contributed by atoms with Crippen molar-refractivity contribution in [3.8, 4) is 0 Å². The standard InChI is InChI=1S/C22H24F3N3O3S/c23-22(24,25)19-6-1-2-7-20(19)26-21(29)15-27-10-12-28(13-11-27)32(30,31)18-9-8-16-4-3-5-17(16)14-18/h1-2,6-9,14H,3-5,10-13,15H2,(H,26,29). The van der Waals surface area contributed by atoms with Crippen molar-refractivity contribution in [1.82, 2.24) is 9.21 Å². The largest absolute Gasteiger partial charge is 0.418 e. The SMILES string of the molecule is O=C(CN1CCN(S(=O)(=O)c2ccc3c(c2)CCC3)CC1)Nc1ccccc1C(F)(F)F. The van der Waals surface area contributed by atoms with E-state index in [0.29, 0.717) is 13.1 Å². The zero-order valence-corrected chi connectivity index (χ0v) is 18.2. The van der Waals surface area contributed by atoms with E-state index in [-0.39, 0.29) is 30.2 Å². The highest BCUT2D eigenvalue weighted by molar-refractivity contribution is 7.89. The molecule has 1 aliphatic heterocycles. The zero-order valence-electron chi connectivity index (χ0n) is 17.4. The molecule has 0 spiro atoms. The summed E-state index contributed by atoms with van der Waals surface area (Å²) in [5, 5.41) is 2.32. The molecule has 0 aromatic heterocycles. The average molecular weight is 468 g/mol. The highest BCUT2D eigenvalue weighted by atomic mass is 32.2. The van der Waals surface area contributed by atoms with Gasteiger partial charge in [0, 0.05) is 26.2 Å². The van der Waals surface area contributed by atoms with Crippen molar-refractivity contribution < 1.29 is 26.4 Å². The Labute approximate surface area is 185 Å². The molecule has 1 fully saturated rings. The molecule has 6 nitrogen and oxygen atoms in total. The molecule has 4 rings (SSSR count). The Hall–Kier alpha value is -2.43. The van der Waals surface area contributed by atoms with Gasteiger partial charge in [0.05, 0.1) is 22.7 Å². The third-order valence-corrected chi connectivity index (χ3v) is 7.81. The van der Waals surface area contributed by atoms with E-state index in [1.165, 1.54) is 28.1 Å². The van der Waals surface area contributed by atoms with Crippen LogP contribution < -0.4 is 5.32 Å². The average Bonchev–Trinajstić information content (AvgIpc) is 3.21. The van der Waals surface area contributed by atoms with Gasteiger partial charge in [-0.15, -0.1) is 0 Å². The second kappa shape index (κ2) is 8.84. The molecule has 1 heterocycles. The number of piperazine rings is 1. The molecule has 32 heavy (non-hydrogen) atoms. The van der Waals surface area contributed by atoms with E-state index in [2.05, 4.69) is 5.32 Å². The van der Waals surface area contributed by atoms with E-state index in [1.54, 1.807) is 17.0 Å². The van der Waals surface area contributed by atoms with Crippen LogP contribution in [0.2, 0.25) is 0 Å². The summed E-state index contributed by atoms with van der Waals surface area (Å²) in [6, 6.07) is 10.1. The molecule has 10 heteroatoms. The summed E-state index contributed by atoms with van der Waals surface area (Å²) in [4.78, 5) is 14.3. The smallest absolute Gasteiger partial charge is 0.324 e. The van der Waals surface area contributed by atoms with Crippen molar-refractivity contribution >= 4 is 21.6 Å². The van der Waals surface area contributed by atoms with Gasteiger partial charge in [0.1, 0.15) is 0 Å². The normalized spacial score (nSPS) is 17.8. The van der Waals surface area contributed by atoms with Crippen molar-refractivity contribution in [2.75, 3.05) is 38.0 Å². The number of carbonyl (C=O) groups is 1. The van der Waals surface area contributed by atoms with Gasteiger partial charge in [0.2, 0.25) is 15.9 Å². The second-order valence-corrected chi connectivity index (χ2v) is 9.99. The van der Waals surface area contributed by atoms with E-state index >= 15 is 0 Å². The summed E-state index contributed by atoms with van der Waals surface area (Å²) in [7, 11) is -3.62. The Bertz CT molecular complexity index is 1110. The summed E-state index contributed by atoms with van der Waals surface area (Å²) >= 11 is 0. The molecule has 1 amide bonds. The fraction of sp³-hybridized carbons (Fsp3) is 0.409. The van der Waals surface area contributed by atoms with E-state index in [0.717, 1.165) is 30.9 Å². The monoisotopic (exact) mass is 467 g/mol. The number of carbonyl (C=O) groups excluding carboxylic acids is 1. The van der Waals surface area contributed by atoms with Crippen LogP contribution in [0.1, 0.15) is 23.1 Å². The van der Waals surface area contributed by atoms with Crippen LogP contribution in [-0.4, -0.2) is 56.3 Å². The van der Waals surface area contributed by atoms with Crippen molar-refractivity contribution in [2.45, 2.75) is 30.3 Å². The zero-order chi connectivity index (χ0) is 22.9. The van der Waals surface area contributed by atoms with Gasteiger partial charge in [-0.2, -0.15) is 17.5 Å². The first kappa shape index (κ1) is 22.8. The Kier molecular flexibility index (Phi) is 6.28. The number of amides is 1. The lowest BCUT2D eigenvalue weighted by Crippen LogP contribution is -2.50. The molecule has 2 aromatic carbocycles. The lowest BCUT2D eigenvalue weighted by molar-refractivity contribution is -0.137. The topological polar surface area (TPSA) is 69.7 Å². The maximum atomic E-state index is 13.1. The minimum absolute atomic E-state index is 0.112. The maximum Gasteiger partial charge on any atom is 0.418 e. The van der Waals surface area contributed by atoms with Crippen LogP contribution in [0.4, 0.5) is 18.9 Å². The van der Waals surface area contributed by atoms with Gasteiger partial charge in [-0.1, -0.05) is 18.2 Å². The van der Waals surface area contributed by atoms with Crippen LogP contribution in [0.15, 0.2) is 47.4 Å². The Morgan fingerprint density at radius 3 is 2.38 bits per heavy atom. The minimum Gasteiger partial charge on any atom is -0.324 e. The number of para-hydroxylation sites is 1. The summed E-state index contributed by atoms with van der Waals surface area (Å²) in [6.07, 6.45) is -1.67. The van der Waals surface area contributed by atoms with Crippen LogP contribution >= 0.6 is 0 Å². The number of anilines is 1. The van der Waals surface area contributed by atoms with E-state index in [1.807, 2.05) is 6.07 Å². The predicted octanol–water partition coefficient (Wildman–Crippen LogP) is 3.14. The molecular weight excluding hydrogens is 443 g/mol. The summed E-state index contributed by atoms with van der Waals surface area (Å²) < 4.78 is 66.7. The van der Waals surface area contributed by atoms with E-state index in [9.17, 15) is 26.4 Å². The lowest BCUT2D eigenvalue weighted by Gasteiger charge is -2.33. The first-order chi connectivity index (χ1) is 15.1. The van der Waals surface area contributed by atoms with Crippen LogP contribution in [0.3, 0.4) is 0 Å². The number of hydrogen-bond donors (Lipinski definition) is 1. The molecule has 2 aromatic rings. The predicted molar refractivity (Wildman–Crippen MR) is 114 cm³/mol. The molecule has 0 radical (unpaired) electrons. The molecule has 0 saturated carbocycles. The van der Waals surface area contributed by atoms with Gasteiger partial charge in [0.15, 0.2) is 0 Å². The van der Waals surface area contributed by atoms with Crippen LogP contribution in [0.5, 0.6) is 0 Å². The molecule has 0 atom stereocenters. The molecule has 0 unspecified atom stereocenters. The fourth-order valence-electron chi connectivity index (χ4n) is 4.22. The van der Waals surface area contributed by atoms with Gasteiger partial charge in [-0.05, 0) is 54.7 Å². The minimum atomic E-state index is -4.57. The quantitative estimate of drug-likeness (QED) is 0.734. The van der Waals surface area contributed by atoms with E-state index < -0.39 is 27.7 Å². The number of nitrogens with zero attached hydrogens (tertiary/aromatic N) is 2. The summed E-state index contributed by atoms with van der Waals surface area (Å²) in [5.74, 6) is -0.573. The number of rotatable bonds is 5. The first-order valence-electron chi connectivity index (χ1n) is 10.4. The fourth-order valence-corrected chi connectivity index (χ4v) is 5.69. The number of hydrogen-bond acceptors (Lipinski definition) is 4. The molecule has 1 N–H and O–H groups in total. The molecule has 1 aliphatic carbocycles. The Morgan fingerprint density at radius 1 is 0.969 bits per heavy atom. The number of nitrogens with one attached hydrogen (secondary N) is 1. The molecule has 2 aliphatic rings. The van der Waals surface area contributed by atoms with Crippen molar-refractivity contribution in [2.24, 2.45) is 0 Å². The number of alkyl halides is 3. The van der Waals surface area contributed by atoms with Crippen molar-refractivity contribution in [3.05, 3.63) is 59.2 Å². The number of benzene rings is 2. The van der Waals surface area contributed by atoms with Gasteiger partial charge in [-0.3, -0.25) is 9.69 Å². The second-order valence-electron chi connectivity index (χ2n) is 8.06. The Morgan fingerprint density at radius 2 is 1.66 bits per heavy atom. The maximum absolute atomic E-state index is 13.1. The molecule has 172 valence electrons. The number of sulfonamides is 1. The highest BCUT2D eigenvalue weighted by Crippen LogP contribution is 2.34. The molecule has 1 saturated heterocycles. The van der Waals surface area contributed by atoms with E-state index in [4.69, 9.17) is 0 Å².